The molecule has 3 saturated heterocycles. The molecule has 0 spiro atoms. The molecule has 9 nitrogen and oxygen atoms in total. The Hall–Kier alpha value is -2.72. The molecule has 1 aliphatic carbocycles. The van der Waals surface area contributed by atoms with Crippen molar-refractivity contribution in [3.8, 4) is 0 Å². The lowest BCUT2D eigenvalue weighted by Crippen LogP contribution is -2.57. The molecular weight excluding hydrogens is 491 g/mol. The summed E-state index contributed by atoms with van der Waals surface area (Å²) in [6.07, 6.45) is 2.74. The Morgan fingerprint density at radius 1 is 1.18 bits per heavy atom. The van der Waals surface area contributed by atoms with Gasteiger partial charge in [-0.15, -0.1) is 0 Å². The molecule has 4 aliphatic rings. The maximum Gasteiger partial charge on any atom is 0.411 e. The highest BCUT2D eigenvalue weighted by Crippen LogP contribution is 2.43. The highest BCUT2D eigenvalue weighted by atomic mass is 19.1. The van der Waals surface area contributed by atoms with Gasteiger partial charge < -0.3 is 20.5 Å². The lowest BCUT2D eigenvalue weighted by atomic mass is 9.94. The topological polar surface area (TPSA) is 114 Å². The number of halogens is 1. The number of carbonyl (C=O) groups excluding carboxylic acids is 3. The molecule has 3 aliphatic heterocycles. The molecule has 3 amide bonds. The zero-order chi connectivity index (χ0) is 27.2. The predicted octanol–water partition coefficient (Wildman–Crippen LogP) is 2.31. The van der Waals surface area contributed by atoms with Gasteiger partial charge in [-0.3, -0.25) is 19.4 Å². The predicted molar refractivity (Wildman–Crippen MR) is 138 cm³/mol. The molecule has 5 atom stereocenters. The van der Waals surface area contributed by atoms with E-state index in [1.807, 2.05) is 6.07 Å². The standard InChI is InChI=1S/C28H39FN4O5/c1-28(2,3)38-27(36)33-20-7-6-18(10-20)24(33)26(35)31-23(25(30)34)12-17-5-4-16(11-22(17)29)19-8-9-32(13-19)21-14-37-15-21/h4-5,11,18-21,23-24H,6-10,12-15H2,1-3H3,(H2,30,34)(H,31,35)/t18?,19?,20?,23-,24-/m0/s1. The van der Waals surface area contributed by atoms with E-state index >= 15 is 4.39 Å². The van der Waals surface area contributed by atoms with Crippen LogP contribution in [-0.2, 0) is 25.5 Å². The summed E-state index contributed by atoms with van der Waals surface area (Å²) in [6, 6.07) is 3.71. The van der Waals surface area contributed by atoms with E-state index in [-0.39, 0.29) is 24.3 Å². The smallest absolute Gasteiger partial charge is 0.411 e. The Bertz CT molecular complexity index is 1090. The van der Waals surface area contributed by atoms with Crippen LogP contribution in [0.2, 0.25) is 0 Å². The SMILES string of the molecule is CC(C)(C)OC(=O)N1C2CCC(C2)[C@H]1C(=O)N[C@@H](Cc1ccc(C2CCN(C3COC3)C2)cc1F)C(N)=O. The summed E-state index contributed by atoms with van der Waals surface area (Å²) in [5.74, 6) is -1.36. The minimum atomic E-state index is -1.09. The minimum Gasteiger partial charge on any atom is -0.444 e. The number of nitrogens with zero attached hydrogens (tertiary/aromatic N) is 2. The van der Waals surface area contributed by atoms with Gasteiger partial charge in [0.05, 0.1) is 19.3 Å². The van der Waals surface area contributed by atoms with Crippen LogP contribution in [0.15, 0.2) is 18.2 Å². The second-order valence-electron chi connectivity index (χ2n) is 12.2. The number of hydrogen-bond acceptors (Lipinski definition) is 6. The highest BCUT2D eigenvalue weighted by molar-refractivity contribution is 5.91. The molecule has 3 unspecified atom stereocenters. The molecule has 208 valence electrons. The summed E-state index contributed by atoms with van der Waals surface area (Å²) in [5.41, 5.74) is 6.19. The Balaban J connectivity index is 1.24. The molecule has 1 aromatic carbocycles. The Kier molecular flexibility index (Phi) is 7.39. The van der Waals surface area contributed by atoms with Crippen molar-refractivity contribution >= 4 is 17.9 Å². The van der Waals surface area contributed by atoms with Crippen LogP contribution in [0.4, 0.5) is 9.18 Å². The van der Waals surface area contributed by atoms with Gasteiger partial charge in [0, 0.05) is 19.0 Å². The average molecular weight is 531 g/mol. The maximum atomic E-state index is 15.2. The zero-order valence-corrected chi connectivity index (χ0v) is 22.5. The van der Waals surface area contributed by atoms with Crippen molar-refractivity contribution in [2.75, 3.05) is 26.3 Å². The second-order valence-corrected chi connectivity index (χ2v) is 12.2. The third-order valence-corrected chi connectivity index (χ3v) is 8.45. The number of primary amides is 1. The van der Waals surface area contributed by atoms with Gasteiger partial charge in [0.1, 0.15) is 23.5 Å². The molecule has 5 rings (SSSR count). The van der Waals surface area contributed by atoms with Crippen molar-refractivity contribution in [2.24, 2.45) is 11.7 Å². The summed E-state index contributed by atoms with van der Waals surface area (Å²) in [5, 5.41) is 2.72. The van der Waals surface area contributed by atoms with E-state index in [0.29, 0.717) is 11.6 Å². The van der Waals surface area contributed by atoms with Crippen LogP contribution < -0.4 is 11.1 Å². The number of piperidine rings is 1. The fraction of sp³-hybridized carbons (Fsp3) is 0.679. The number of nitrogens with one attached hydrogen (secondary N) is 1. The van der Waals surface area contributed by atoms with Crippen molar-refractivity contribution in [2.45, 2.75) is 88.6 Å². The number of rotatable bonds is 7. The number of benzene rings is 1. The summed E-state index contributed by atoms with van der Waals surface area (Å²) in [4.78, 5) is 42.5. The first-order valence-electron chi connectivity index (χ1n) is 13.7. The molecule has 0 radical (unpaired) electrons. The molecule has 2 bridgehead atoms. The van der Waals surface area contributed by atoms with Crippen LogP contribution in [0.25, 0.3) is 0 Å². The average Bonchev–Trinajstić information content (AvgIpc) is 3.53. The minimum absolute atomic E-state index is 0.00506. The summed E-state index contributed by atoms with van der Waals surface area (Å²) >= 11 is 0. The van der Waals surface area contributed by atoms with Gasteiger partial charge in [0.25, 0.3) is 0 Å². The van der Waals surface area contributed by atoms with E-state index in [9.17, 15) is 14.4 Å². The molecule has 38 heavy (non-hydrogen) atoms. The quantitative estimate of drug-likeness (QED) is 0.559. The maximum absolute atomic E-state index is 15.2. The molecule has 10 heteroatoms. The molecule has 1 aromatic rings. The Morgan fingerprint density at radius 3 is 2.58 bits per heavy atom. The van der Waals surface area contributed by atoms with Gasteiger partial charge in [-0.25, -0.2) is 9.18 Å². The van der Waals surface area contributed by atoms with Crippen LogP contribution in [0.5, 0.6) is 0 Å². The zero-order valence-electron chi connectivity index (χ0n) is 22.5. The van der Waals surface area contributed by atoms with Gasteiger partial charge in [-0.2, -0.15) is 0 Å². The van der Waals surface area contributed by atoms with Crippen molar-refractivity contribution < 1.29 is 28.2 Å². The van der Waals surface area contributed by atoms with Gasteiger partial charge >= 0.3 is 6.09 Å². The largest absolute Gasteiger partial charge is 0.444 e. The molecule has 3 N–H and O–H groups in total. The van der Waals surface area contributed by atoms with Crippen molar-refractivity contribution in [3.63, 3.8) is 0 Å². The lowest BCUT2D eigenvalue weighted by Gasteiger charge is -2.36. The van der Waals surface area contributed by atoms with E-state index < -0.39 is 41.4 Å². The number of nitrogens with two attached hydrogens (primary N) is 1. The second kappa shape index (κ2) is 10.4. The van der Waals surface area contributed by atoms with Gasteiger partial charge in [-0.05, 0) is 82.0 Å². The number of ether oxygens (including phenoxy) is 2. The first-order valence-corrected chi connectivity index (χ1v) is 13.7. The Labute approximate surface area is 223 Å². The number of carbonyl (C=O) groups is 3. The molecule has 4 fully saturated rings. The van der Waals surface area contributed by atoms with E-state index in [1.165, 1.54) is 4.90 Å². The van der Waals surface area contributed by atoms with Crippen molar-refractivity contribution in [1.29, 1.82) is 0 Å². The fourth-order valence-electron chi connectivity index (χ4n) is 6.41. The van der Waals surface area contributed by atoms with E-state index in [1.54, 1.807) is 32.9 Å². The van der Waals surface area contributed by atoms with E-state index in [4.69, 9.17) is 15.2 Å². The van der Waals surface area contributed by atoms with E-state index in [0.717, 1.165) is 57.6 Å². The third-order valence-electron chi connectivity index (χ3n) is 8.45. The van der Waals surface area contributed by atoms with Crippen LogP contribution in [-0.4, -0.2) is 83.8 Å². The molecule has 0 aromatic heterocycles. The number of amides is 3. The van der Waals surface area contributed by atoms with Gasteiger partial charge in [-0.1, -0.05) is 12.1 Å². The summed E-state index contributed by atoms with van der Waals surface area (Å²) in [7, 11) is 0. The first-order chi connectivity index (χ1) is 18.0. The third kappa shape index (κ3) is 5.52. The first kappa shape index (κ1) is 26.9. The Morgan fingerprint density at radius 2 is 1.95 bits per heavy atom. The summed E-state index contributed by atoms with van der Waals surface area (Å²) in [6.45, 7) is 8.72. The van der Waals surface area contributed by atoms with Crippen molar-refractivity contribution in [3.05, 3.63) is 35.1 Å². The normalized spacial score (nSPS) is 28.3. The number of likely N-dealkylation sites (tertiary alicyclic amines) is 2. The molecule has 3 heterocycles. The number of hydrogen-bond donors (Lipinski definition) is 2. The van der Waals surface area contributed by atoms with Crippen LogP contribution in [0.3, 0.4) is 0 Å². The van der Waals surface area contributed by atoms with E-state index in [2.05, 4.69) is 10.2 Å². The van der Waals surface area contributed by atoms with Crippen LogP contribution in [0, 0.1) is 11.7 Å². The fourth-order valence-corrected chi connectivity index (χ4v) is 6.41. The molecular formula is C28H39FN4O5. The lowest BCUT2D eigenvalue weighted by molar-refractivity contribution is -0.132. The van der Waals surface area contributed by atoms with Crippen LogP contribution >= 0.6 is 0 Å². The molecule has 1 saturated carbocycles. The van der Waals surface area contributed by atoms with Crippen LogP contribution in [0.1, 0.15) is 63.5 Å². The van der Waals surface area contributed by atoms with Crippen molar-refractivity contribution in [1.82, 2.24) is 15.1 Å². The van der Waals surface area contributed by atoms with Gasteiger partial charge in [0.2, 0.25) is 11.8 Å². The van der Waals surface area contributed by atoms with Gasteiger partial charge in [0.15, 0.2) is 0 Å². The summed E-state index contributed by atoms with van der Waals surface area (Å²) < 4.78 is 26.0. The number of fused-ring (bicyclic) bond motifs is 2. The highest BCUT2D eigenvalue weighted by Gasteiger charge is 2.52. The monoisotopic (exact) mass is 530 g/mol.